The van der Waals surface area contributed by atoms with Crippen LogP contribution in [0.25, 0.3) is 10.4 Å². The van der Waals surface area contributed by atoms with Crippen molar-refractivity contribution in [2.24, 2.45) is 5.92 Å². The summed E-state index contributed by atoms with van der Waals surface area (Å²) >= 11 is 1.15. The molecule has 3 N–H and O–H groups in total. The van der Waals surface area contributed by atoms with Crippen LogP contribution in [0.2, 0.25) is 0 Å². The third-order valence-corrected chi connectivity index (χ3v) is 11.5. The fraction of sp³-hybridized carbons (Fsp3) is 0.485. The van der Waals surface area contributed by atoms with Gasteiger partial charge in [0.05, 0.1) is 23.0 Å². The van der Waals surface area contributed by atoms with Gasteiger partial charge in [0.25, 0.3) is 0 Å². The highest BCUT2D eigenvalue weighted by atomic mass is 32.2. The minimum atomic E-state index is -4.80. The van der Waals surface area contributed by atoms with E-state index in [1.54, 1.807) is 12.1 Å². The molecular weight excluding hydrogens is 626 g/mol. The van der Waals surface area contributed by atoms with E-state index in [4.69, 9.17) is 0 Å². The molecule has 0 radical (unpaired) electrons. The van der Waals surface area contributed by atoms with Crippen molar-refractivity contribution in [1.29, 1.82) is 0 Å². The number of carboxylic acid groups (broad SMARTS) is 1. The number of carboxylic acids is 1. The molecule has 1 heterocycles. The minimum Gasteiger partial charge on any atom is -0.481 e. The second-order valence-electron chi connectivity index (χ2n) is 12.6. The van der Waals surface area contributed by atoms with Crippen molar-refractivity contribution in [3.05, 3.63) is 76.2 Å². The number of likely N-dealkylation sites (N-methyl/N-ethyl adjacent to an activating group) is 1. The zero-order valence-electron chi connectivity index (χ0n) is 25.9. The van der Waals surface area contributed by atoms with Crippen LogP contribution in [0.3, 0.4) is 0 Å². The molecule has 45 heavy (non-hydrogen) atoms. The molecule has 7 nitrogen and oxygen atoms in total. The van der Waals surface area contributed by atoms with Crippen LogP contribution in [0, 0.1) is 5.92 Å². The molecule has 4 rings (SSSR count). The van der Waals surface area contributed by atoms with Crippen molar-refractivity contribution < 1.29 is 36.6 Å². The molecule has 1 unspecified atom stereocenters. The molecule has 1 aliphatic carbocycles. The van der Waals surface area contributed by atoms with Crippen LogP contribution in [0.15, 0.2) is 59.5 Å². The van der Waals surface area contributed by atoms with E-state index in [-0.39, 0.29) is 36.5 Å². The minimum absolute atomic E-state index is 0.0660. The molecule has 1 aromatic heterocycles. The summed E-state index contributed by atoms with van der Waals surface area (Å²) in [5, 5.41) is 23.3. The Kier molecular flexibility index (Phi) is 10.9. The number of thiophene rings is 1. The summed E-state index contributed by atoms with van der Waals surface area (Å²) in [6, 6.07) is 14.3. The van der Waals surface area contributed by atoms with E-state index in [0.717, 1.165) is 41.0 Å². The maximum atomic E-state index is 13.9. The summed E-state index contributed by atoms with van der Waals surface area (Å²) in [5.41, 5.74) is 1.33. The van der Waals surface area contributed by atoms with Gasteiger partial charge in [-0.2, -0.15) is 17.5 Å². The summed E-state index contributed by atoms with van der Waals surface area (Å²) in [5.74, 6) is -0.839. The van der Waals surface area contributed by atoms with Crippen LogP contribution < -0.4 is 5.32 Å². The normalized spacial score (nSPS) is 15.8. The standard InChI is InChI=1S/C33H41F3N2O5S2/c1-5-22(16-31(40)41)29-10-11-30(44-29)25-14-26(33(34,35)36)17-28(15-25)45(42,43)38(4)20-27(39)19-37-32(2,3)18-21-12-23-8-6-7-9-24(23)13-21/h6-11,14-15,17,21-22,27,37,39H,5,12-13,16,18-20H2,1-4H3,(H,40,41)/t22-,27?/m1/s1. The van der Waals surface area contributed by atoms with Gasteiger partial charge in [0.15, 0.2) is 0 Å². The Morgan fingerprint density at radius 3 is 2.31 bits per heavy atom. The summed E-state index contributed by atoms with van der Waals surface area (Å²) in [7, 11) is -3.17. The topological polar surface area (TPSA) is 107 Å². The molecule has 0 fully saturated rings. The molecule has 2 aromatic carbocycles. The summed E-state index contributed by atoms with van der Waals surface area (Å²) < 4.78 is 69.6. The van der Waals surface area contributed by atoms with Crippen molar-refractivity contribution in [1.82, 2.24) is 9.62 Å². The predicted octanol–water partition coefficient (Wildman–Crippen LogP) is 6.56. The summed E-state index contributed by atoms with van der Waals surface area (Å²) in [6.45, 7) is 5.69. The van der Waals surface area contributed by atoms with Crippen molar-refractivity contribution in [2.45, 2.75) is 81.5 Å². The van der Waals surface area contributed by atoms with Gasteiger partial charge < -0.3 is 15.5 Å². The highest BCUT2D eigenvalue weighted by Gasteiger charge is 2.34. The molecule has 0 amide bonds. The Morgan fingerprint density at radius 1 is 1.09 bits per heavy atom. The highest BCUT2D eigenvalue weighted by Crippen LogP contribution is 2.39. The number of sulfonamides is 1. The number of fused-ring (bicyclic) bond motifs is 1. The Hall–Kier alpha value is -2.77. The second-order valence-corrected chi connectivity index (χ2v) is 15.8. The largest absolute Gasteiger partial charge is 0.481 e. The Labute approximate surface area is 267 Å². The Morgan fingerprint density at radius 2 is 1.73 bits per heavy atom. The number of aliphatic hydroxyl groups is 1. The number of alkyl halides is 3. The van der Waals surface area contributed by atoms with Crippen molar-refractivity contribution >= 4 is 27.3 Å². The molecule has 1 aliphatic rings. The monoisotopic (exact) mass is 666 g/mol. The van der Waals surface area contributed by atoms with Crippen LogP contribution in [0.4, 0.5) is 13.2 Å². The quantitative estimate of drug-likeness (QED) is 0.180. The second kappa shape index (κ2) is 13.9. The number of β-amino-alcohol motifs (C(OH)–C–C–N with tert-alkyl or cyclic N) is 1. The first kappa shape index (κ1) is 35.1. The lowest BCUT2D eigenvalue weighted by molar-refractivity contribution is -0.138. The Balaban J connectivity index is 1.46. The van der Waals surface area contributed by atoms with E-state index in [9.17, 15) is 36.6 Å². The number of nitrogens with one attached hydrogen (secondary N) is 1. The van der Waals surface area contributed by atoms with Gasteiger partial charge in [0.2, 0.25) is 10.0 Å². The zero-order valence-corrected chi connectivity index (χ0v) is 27.5. The zero-order chi connectivity index (χ0) is 33.2. The van der Waals surface area contributed by atoms with Gasteiger partial charge >= 0.3 is 12.1 Å². The molecule has 12 heteroatoms. The smallest absolute Gasteiger partial charge is 0.416 e. The molecule has 0 saturated carbocycles. The van der Waals surface area contributed by atoms with E-state index < -0.39 is 38.7 Å². The van der Waals surface area contributed by atoms with Crippen molar-refractivity contribution in [2.75, 3.05) is 20.1 Å². The molecule has 0 spiro atoms. The van der Waals surface area contributed by atoms with Gasteiger partial charge in [-0.05, 0) is 92.5 Å². The fourth-order valence-electron chi connectivity index (χ4n) is 6.06. The number of nitrogens with zero attached hydrogens (tertiary/aromatic N) is 1. The third kappa shape index (κ3) is 8.94. The number of aliphatic hydroxyl groups excluding tert-OH is 1. The van der Waals surface area contributed by atoms with Gasteiger partial charge in [-0.25, -0.2) is 8.42 Å². The van der Waals surface area contributed by atoms with Gasteiger partial charge in [0, 0.05) is 41.3 Å². The maximum absolute atomic E-state index is 13.9. The van der Waals surface area contributed by atoms with Crippen LogP contribution >= 0.6 is 11.3 Å². The first-order valence-electron chi connectivity index (χ1n) is 15.0. The molecular formula is C33H41F3N2O5S2. The van der Waals surface area contributed by atoms with E-state index in [1.165, 1.54) is 24.2 Å². The Bertz CT molecular complexity index is 1580. The first-order chi connectivity index (χ1) is 21.0. The number of rotatable bonds is 14. The summed E-state index contributed by atoms with van der Waals surface area (Å²) in [6.07, 6.45) is -2.67. The molecule has 3 aromatic rings. The van der Waals surface area contributed by atoms with E-state index in [1.807, 2.05) is 32.9 Å². The molecule has 0 aliphatic heterocycles. The molecule has 2 atom stereocenters. The van der Waals surface area contributed by atoms with E-state index in [0.29, 0.717) is 28.2 Å². The predicted molar refractivity (Wildman–Crippen MR) is 170 cm³/mol. The number of carbonyl (C=O) groups is 1. The lowest BCUT2D eigenvalue weighted by atomic mass is 9.88. The lowest BCUT2D eigenvalue weighted by Gasteiger charge is -2.31. The highest BCUT2D eigenvalue weighted by molar-refractivity contribution is 7.89. The number of benzene rings is 2. The number of hydrogen-bond acceptors (Lipinski definition) is 6. The molecule has 0 saturated heterocycles. The number of aliphatic carboxylic acids is 1. The maximum Gasteiger partial charge on any atom is 0.416 e. The molecule has 246 valence electrons. The van der Waals surface area contributed by atoms with Crippen LogP contribution in [-0.4, -0.2) is 60.7 Å². The van der Waals surface area contributed by atoms with Crippen LogP contribution in [0.5, 0.6) is 0 Å². The third-order valence-electron chi connectivity index (χ3n) is 8.39. The number of hydrogen-bond donors (Lipinski definition) is 3. The van der Waals surface area contributed by atoms with Gasteiger partial charge in [0.1, 0.15) is 0 Å². The van der Waals surface area contributed by atoms with E-state index in [2.05, 4.69) is 17.4 Å². The molecule has 0 bridgehead atoms. The van der Waals surface area contributed by atoms with Gasteiger partial charge in [-0.1, -0.05) is 31.2 Å². The number of halogens is 3. The fourth-order valence-corrected chi connectivity index (χ4v) is 8.52. The lowest BCUT2D eigenvalue weighted by Crippen LogP contribution is -2.47. The van der Waals surface area contributed by atoms with Crippen molar-refractivity contribution in [3.63, 3.8) is 0 Å². The van der Waals surface area contributed by atoms with E-state index >= 15 is 0 Å². The van der Waals surface area contributed by atoms with Crippen LogP contribution in [0.1, 0.15) is 67.5 Å². The van der Waals surface area contributed by atoms with Gasteiger partial charge in [-0.15, -0.1) is 11.3 Å². The van der Waals surface area contributed by atoms with Crippen molar-refractivity contribution in [3.8, 4) is 10.4 Å². The SMILES string of the molecule is CC[C@H](CC(=O)O)c1ccc(-c2cc(C(F)(F)F)cc(S(=O)(=O)N(C)CC(O)CNC(C)(C)CC3Cc4ccccc4C3)c2)s1. The first-order valence-corrected chi connectivity index (χ1v) is 17.2. The average Bonchev–Trinajstić information content (AvgIpc) is 3.61. The summed E-state index contributed by atoms with van der Waals surface area (Å²) in [4.78, 5) is 11.8. The average molecular weight is 667 g/mol. The van der Waals surface area contributed by atoms with Crippen LogP contribution in [-0.2, 0) is 33.8 Å². The van der Waals surface area contributed by atoms with Gasteiger partial charge in [-0.3, -0.25) is 4.79 Å².